The van der Waals surface area contributed by atoms with E-state index in [1.807, 2.05) is 49.4 Å². The molecule has 0 bridgehead atoms. The molecule has 1 aromatic carbocycles. The molecule has 3 aromatic rings. The maximum absolute atomic E-state index is 12.2. The van der Waals surface area contributed by atoms with Gasteiger partial charge in [0.2, 0.25) is 10.0 Å². The molecule has 3 rings (SSSR count). The summed E-state index contributed by atoms with van der Waals surface area (Å²) < 4.78 is 27.4. The average molecular weight is 380 g/mol. The highest BCUT2D eigenvalue weighted by Crippen LogP contribution is 2.28. The van der Waals surface area contributed by atoms with Gasteiger partial charge in [0, 0.05) is 21.2 Å². The Bertz CT molecular complexity index is 913. The fourth-order valence-electron chi connectivity index (χ4n) is 2.23. The number of benzene rings is 1. The monoisotopic (exact) mass is 379 g/mol. The molecule has 0 spiro atoms. The van der Waals surface area contributed by atoms with Gasteiger partial charge >= 0.3 is 0 Å². The molecule has 1 atom stereocenters. The molecule has 0 aliphatic rings. The van der Waals surface area contributed by atoms with E-state index in [4.69, 9.17) is 0 Å². The van der Waals surface area contributed by atoms with E-state index in [0.717, 1.165) is 20.2 Å². The SMILES string of the molecule is Cc1ccc(S(=O)(=O)NCc2ccc(C(O)c3ccccc3)s2)s1. The molecule has 24 heavy (non-hydrogen) atoms. The third-order valence-corrected chi connectivity index (χ3v) is 7.52. The first-order chi connectivity index (χ1) is 11.5. The van der Waals surface area contributed by atoms with Crippen LogP contribution in [0.3, 0.4) is 0 Å². The van der Waals surface area contributed by atoms with E-state index in [9.17, 15) is 13.5 Å². The summed E-state index contributed by atoms with van der Waals surface area (Å²) in [7, 11) is -3.49. The van der Waals surface area contributed by atoms with Crippen molar-refractivity contribution in [1.29, 1.82) is 0 Å². The summed E-state index contributed by atoms with van der Waals surface area (Å²) in [6.07, 6.45) is -0.693. The van der Waals surface area contributed by atoms with Crippen LogP contribution in [0.5, 0.6) is 0 Å². The second kappa shape index (κ2) is 7.16. The number of nitrogens with one attached hydrogen (secondary N) is 1. The molecule has 0 fully saturated rings. The molecule has 2 aromatic heterocycles. The number of hydrogen-bond donors (Lipinski definition) is 2. The van der Waals surface area contributed by atoms with Crippen molar-refractivity contribution in [3.8, 4) is 0 Å². The number of aryl methyl sites for hydroxylation is 1. The van der Waals surface area contributed by atoms with Crippen molar-refractivity contribution in [1.82, 2.24) is 4.72 Å². The Balaban J connectivity index is 1.68. The zero-order chi connectivity index (χ0) is 17.2. The molecule has 0 radical (unpaired) electrons. The smallest absolute Gasteiger partial charge is 0.250 e. The van der Waals surface area contributed by atoms with Gasteiger partial charge < -0.3 is 5.11 Å². The minimum atomic E-state index is -3.49. The van der Waals surface area contributed by atoms with E-state index < -0.39 is 16.1 Å². The highest BCUT2D eigenvalue weighted by molar-refractivity contribution is 7.91. The Kier molecular flexibility index (Phi) is 5.17. The van der Waals surface area contributed by atoms with Gasteiger partial charge in [0.15, 0.2) is 0 Å². The lowest BCUT2D eigenvalue weighted by Gasteiger charge is -2.08. The van der Waals surface area contributed by atoms with Crippen LogP contribution in [0.1, 0.15) is 26.3 Å². The predicted molar refractivity (Wildman–Crippen MR) is 97.9 cm³/mol. The Morgan fingerprint density at radius 1 is 1.04 bits per heavy atom. The number of hydrogen-bond acceptors (Lipinski definition) is 5. The van der Waals surface area contributed by atoms with Crippen LogP contribution in [-0.2, 0) is 16.6 Å². The fourth-order valence-corrected chi connectivity index (χ4v) is 5.62. The molecular formula is C17H17NO3S3. The molecule has 0 aliphatic heterocycles. The van der Waals surface area contributed by atoms with E-state index in [1.165, 1.54) is 22.7 Å². The highest BCUT2D eigenvalue weighted by Gasteiger charge is 2.17. The molecule has 1 unspecified atom stereocenters. The van der Waals surface area contributed by atoms with Gasteiger partial charge in [-0.15, -0.1) is 22.7 Å². The summed E-state index contributed by atoms with van der Waals surface area (Å²) in [6.45, 7) is 2.09. The minimum absolute atomic E-state index is 0.214. The Hall–Kier alpha value is -1.51. The molecular weight excluding hydrogens is 362 g/mol. The first-order valence-corrected chi connectivity index (χ1v) is 10.4. The number of aliphatic hydroxyl groups is 1. The molecule has 0 saturated carbocycles. The predicted octanol–water partition coefficient (Wildman–Crippen LogP) is 3.68. The van der Waals surface area contributed by atoms with Crippen LogP contribution in [0.2, 0.25) is 0 Å². The van der Waals surface area contributed by atoms with Gasteiger partial charge in [0.05, 0.1) is 0 Å². The molecule has 0 amide bonds. The number of sulfonamides is 1. The van der Waals surface area contributed by atoms with Crippen LogP contribution < -0.4 is 4.72 Å². The lowest BCUT2D eigenvalue weighted by molar-refractivity contribution is 0.224. The third-order valence-electron chi connectivity index (χ3n) is 3.48. The minimum Gasteiger partial charge on any atom is -0.383 e. The normalized spacial score (nSPS) is 13.1. The van der Waals surface area contributed by atoms with E-state index in [-0.39, 0.29) is 6.54 Å². The van der Waals surface area contributed by atoms with Gasteiger partial charge in [-0.05, 0) is 36.8 Å². The van der Waals surface area contributed by atoms with E-state index in [1.54, 1.807) is 12.1 Å². The second-order valence-electron chi connectivity index (χ2n) is 5.31. The first-order valence-electron chi connectivity index (χ1n) is 7.33. The lowest BCUT2D eigenvalue weighted by atomic mass is 10.1. The van der Waals surface area contributed by atoms with Crippen LogP contribution >= 0.6 is 22.7 Å². The number of rotatable bonds is 6. The van der Waals surface area contributed by atoms with Crippen molar-refractivity contribution in [2.45, 2.75) is 23.8 Å². The fraction of sp³-hybridized carbons (Fsp3) is 0.176. The molecule has 2 N–H and O–H groups in total. The maximum atomic E-state index is 12.2. The lowest BCUT2D eigenvalue weighted by Crippen LogP contribution is -2.21. The van der Waals surface area contributed by atoms with E-state index in [2.05, 4.69) is 4.72 Å². The summed E-state index contributed by atoms with van der Waals surface area (Å²) in [4.78, 5) is 2.61. The Morgan fingerprint density at radius 3 is 2.46 bits per heavy atom. The molecule has 126 valence electrons. The van der Waals surface area contributed by atoms with Crippen molar-refractivity contribution in [2.24, 2.45) is 0 Å². The topological polar surface area (TPSA) is 66.4 Å². The van der Waals surface area contributed by atoms with Crippen molar-refractivity contribution < 1.29 is 13.5 Å². The van der Waals surface area contributed by atoms with Crippen LogP contribution in [0.4, 0.5) is 0 Å². The van der Waals surface area contributed by atoms with Crippen LogP contribution in [0, 0.1) is 6.92 Å². The molecule has 4 nitrogen and oxygen atoms in total. The molecule has 7 heteroatoms. The zero-order valence-corrected chi connectivity index (χ0v) is 15.4. The van der Waals surface area contributed by atoms with Crippen LogP contribution in [-0.4, -0.2) is 13.5 Å². The van der Waals surface area contributed by atoms with Crippen molar-refractivity contribution >= 4 is 32.7 Å². The Labute approximate surface area is 149 Å². The second-order valence-corrected chi connectivity index (χ2v) is 9.79. The summed E-state index contributed by atoms with van der Waals surface area (Å²) in [5.41, 5.74) is 0.820. The van der Waals surface area contributed by atoms with Gasteiger partial charge in [0.1, 0.15) is 10.3 Å². The summed E-state index contributed by atoms with van der Waals surface area (Å²) in [6, 6.07) is 16.5. The molecule has 2 heterocycles. The van der Waals surface area contributed by atoms with Gasteiger partial charge in [-0.2, -0.15) is 0 Å². The van der Waals surface area contributed by atoms with Crippen molar-refractivity contribution in [3.63, 3.8) is 0 Å². The van der Waals surface area contributed by atoms with Gasteiger partial charge in [-0.3, -0.25) is 0 Å². The van der Waals surface area contributed by atoms with Crippen molar-refractivity contribution in [3.05, 3.63) is 74.8 Å². The summed E-state index contributed by atoms with van der Waals surface area (Å²) >= 11 is 2.65. The standard InChI is InChI=1S/C17H17NO3S3/c1-12-7-10-16(22-12)24(20,21)18-11-14-8-9-15(23-14)17(19)13-5-3-2-4-6-13/h2-10,17-19H,11H2,1H3. The van der Waals surface area contributed by atoms with E-state index >= 15 is 0 Å². The van der Waals surface area contributed by atoms with Gasteiger partial charge in [-0.1, -0.05) is 30.3 Å². The third kappa shape index (κ3) is 3.93. The van der Waals surface area contributed by atoms with Crippen LogP contribution in [0.15, 0.2) is 58.8 Å². The van der Waals surface area contributed by atoms with Gasteiger partial charge in [0.25, 0.3) is 0 Å². The van der Waals surface area contributed by atoms with Crippen LogP contribution in [0.25, 0.3) is 0 Å². The molecule has 0 aliphatic carbocycles. The number of aliphatic hydroxyl groups excluding tert-OH is 1. The average Bonchev–Trinajstić information content (AvgIpc) is 3.22. The highest BCUT2D eigenvalue weighted by atomic mass is 32.2. The largest absolute Gasteiger partial charge is 0.383 e. The maximum Gasteiger partial charge on any atom is 0.250 e. The first kappa shape index (κ1) is 17.3. The quantitative estimate of drug-likeness (QED) is 0.687. The van der Waals surface area contributed by atoms with Crippen molar-refractivity contribution in [2.75, 3.05) is 0 Å². The van der Waals surface area contributed by atoms with Gasteiger partial charge in [-0.25, -0.2) is 13.1 Å². The molecule has 0 saturated heterocycles. The summed E-state index contributed by atoms with van der Waals surface area (Å²) in [5.74, 6) is 0. The van der Waals surface area contributed by atoms with E-state index in [0.29, 0.717) is 4.21 Å². The summed E-state index contributed by atoms with van der Waals surface area (Å²) in [5, 5.41) is 10.4. The number of thiophene rings is 2. The zero-order valence-electron chi connectivity index (χ0n) is 13.0. The Morgan fingerprint density at radius 2 is 1.79 bits per heavy atom.